The van der Waals surface area contributed by atoms with Gasteiger partial charge in [-0.2, -0.15) is 5.10 Å². The number of hydrogen-bond acceptors (Lipinski definition) is 8. The van der Waals surface area contributed by atoms with Crippen LogP contribution in [0.3, 0.4) is 0 Å². The molecule has 2 aliphatic heterocycles. The molecule has 2 aliphatic rings. The van der Waals surface area contributed by atoms with Gasteiger partial charge in [-0.15, -0.1) is 0 Å². The van der Waals surface area contributed by atoms with Gasteiger partial charge in [-0.3, -0.25) is 14.8 Å². The van der Waals surface area contributed by atoms with Crippen LogP contribution in [0.5, 0.6) is 5.75 Å². The lowest BCUT2D eigenvalue weighted by Gasteiger charge is -2.35. The first-order valence-electron chi connectivity index (χ1n) is 16.6. The topological polar surface area (TPSA) is 112 Å². The monoisotopic (exact) mass is 724 g/mol. The Balaban J connectivity index is 1.21. The number of hydrogen-bond donors (Lipinski definition) is 0. The van der Waals surface area contributed by atoms with Gasteiger partial charge in [0.05, 0.1) is 21.3 Å². The van der Waals surface area contributed by atoms with Gasteiger partial charge in [0.2, 0.25) is 0 Å². The quantitative estimate of drug-likeness (QED) is 0.188. The number of rotatable bonds is 7. The number of piperazine rings is 1. The van der Waals surface area contributed by atoms with E-state index in [4.69, 9.17) is 42.5 Å². The third-order valence-corrected chi connectivity index (χ3v) is 9.09. The molecule has 1 aromatic carbocycles. The molecule has 0 bridgehead atoms. The van der Waals surface area contributed by atoms with Crippen molar-refractivity contribution in [3.63, 3.8) is 0 Å². The third-order valence-electron chi connectivity index (χ3n) is 8.48. The van der Waals surface area contributed by atoms with Gasteiger partial charge in [0.1, 0.15) is 29.0 Å². The fourth-order valence-corrected chi connectivity index (χ4v) is 6.65. The van der Waals surface area contributed by atoms with E-state index in [9.17, 15) is 9.59 Å². The summed E-state index contributed by atoms with van der Waals surface area (Å²) in [7, 11) is 0. The number of nitrogens with zero attached hydrogens (tertiary/aromatic N) is 6. The Morgan fingerprint density at radius 1 is 1.02 bits per heavy atom. The largest absolute Gasteiger partial charge is 0.486 e. The zero-order chi connectivity index (χ0) is 35.6. The zero-order valence-electron chi connectivity index (χ0n) is 28.4. The minimum atomic E-state index is -0.600. The summed E-state index contributed by atoms with van der Waals surface area (Å²) >= 11 is 12.7. The predicted molar refractivity (Wildman–Crippen MR) is 189 cm³/mol. The average molecular weight is 726 g/mol. The molecule has 0 saturated carbocycles. The first-order valence-corrected chi connectivity index (χ1v) is 17.3. The average Bonchev–Trinajstić information content (AvgIpc) is 3.45. The molecule has 3 aromatic heterocycles. The number of aromatic nitrogens is 4. The van der Waals surface area contributed by atoms with Gasteiger partial charge < -0.3 is 24.0 Å². The summed E-state index contributed by atoms with van der Waals surface area (Å²) in [4.78, 5) is 37.1. The van der Waals surface area contributed by atoms with Crippen molar-refractivity contribution >= 4 is 58.0 Å². The smallest absolute Gasteiger partial charge is 0.410 e. The van der Waals surface area contributed by atoms with E-state index >= 15 is 4.39 Å². The molecule has 2 amide bonds. The molecule has 50 heavy (non-hydrogen) atoms. The van der Waals surface area contributed by atoms with E-state index in [0.717, 1.165) is 24.8 Å². The van der Waals surface area contributed by atoms with Crippen molar-refractivity contribution in [3.8, 4) is 5.75 Å². The van der Waals surface area contributed by atoms with E-state index in [0.29, 0.717) is 65.2 Å². The molecule has 2 saturated heterocycles. The molecule has 0 N–H and O–H groups in total. The summed E-state index contributed by atoms with van der Waals surface area (Å²) in [6.07, 6.45) is 7.27. The number of fused-ring (bicyclic) bond motifs is 1. The molecule has 1 unspecified atom stereocenters. The minimum Gasteiger partial charge on any atom is -0.486 e. The molecule has 2 atom stereocenters. The van der Waals surface area contributed by atoms with Crippen LogP contribution >= 0.6 is 23.2 Å². The van der Waals surface area contributed by atoms with Crippen molar-refractivity contribution < 1.29 is 28.2 Å². The molecular formula is C36H39Cl2FN6O5. The Morgan fingerprint density at radius 3 is 2.38 bits per heavy atom. The van der Waals surface area contributed by atoms with Crippen LogP contribution in [-0.2, 0) is 9.47 Å². The number of ether oxygens (including phenoxy) is 3. The van der Waals surface area contributed by atoms with E-state index < -0.39 is 23.6 Å². The fraction of sp³-hybridized carbons (Fsp3) is 0.417. The third kappa shape index (κ3) is 8.03. The highest BCUT2D eigenvalue weighted by atomic mass is 35.5. The van der Waals surface area contributed by atoms with Crippen LogP contribution in [-0.4, -0.2) is 79.9 Å². The lowest BCUT2D eigenvalue weighted by atomic mass is 10.1. The number of carbonyl (C=O) groups is 2. The van der Waals surface area contributed by atoms with Gasteiger partial charge in [-0.05, 0) is 77.3 Å². The van der Waals surface area contributed by atoms with Gasteiger partial charge in [-0.1, -0.05) is 23.2 Å². The Labute approximate surface area is 299 Å². The van der Waals surface area contributed by atoms with Crippen LogP contribution in [0.25, 0.3) is 22.8 Å². The highest BCUT2D eigenvalue weighted by molar-refractivity contribution is 6.35. The Kier molecular flexibility index (Phi) is 10.6. The Hall–Kier alpha value is -4.26. The van der Waals surface area contributed by atoms with Crippen LogP contribution in [0.15, 0.2) is 48.9 Å². The molecule has 0 spiro atoms. The molecular weight excluding hydrogens is 686 g/mol. The second-order valence-electron chi connectivity index (χ2n) is 13.3. The summed E-state index contributed by atoms with van der Waals surface area (Å²) in [6.45, 7) is 9.25. The van der Waals surface area contributed by atoms with E-state index in [1.165, 1.54) is 36.8 Å². The number of pyridine rings is 2. The molecule has 11 nitrogen and oxygen atoms in total. The maximum absolute atomic E-state index is 15.9. The molecule has 264 valence electrons. The lowest BCUT2D eigenvalue weighted by Crippen LogP contribution is -2.51. The summed E-state index contributed by atoms with van der Waals surface area (Å²) in [5.41, 5.74) is 1.53. The van der Waals surface area contributed by atoms with E-state index in [1.807, 2.05) is 45.9 Å². The Bertz CT molecular complexity index is 1880. The highest BCUT2D eigenvalue weighted by Crippen LogP contribution is 2.36. The summed E-state index contributed by atoms with van der Waals surface area (Å²) in [6, 6.07) is 8.53. The van der Waals surface area contributed by atoms with Crippen LogP contribution in [0.2, 0.25) is 10.0 Å². The van der Waals surface area contributed by atoms with Gasteiger partial charge >= 0.3 is 6.09 Å². The van der Waals surface area contributed by atoms with E-state index in [1.54, 1.807) is 14.5 Å². The maximum Gasteiger partial charge on any atom is 0.410 e. The standard InChI is InChI=1S/C36H39Cl2FN6O5/c1-22(33-26(37)20-40-21-27(33)38)49-24-9-11-31-25(17-24)30(42-45(31)32-7-5-6-16-48-32)18-28(39)23-8-10-29(41-19-23)34(46)43-12-14-44(15-13-43)35(47)50-36(2,3)4/h8-11,17-22,32H,5-7,12-16H2,1-4H3/b28-18-/t22-,32?/m1/s1. The van der Waals surface area contributed by atoms with Gasteiger partial charge in [-0.25, -0.2) is 13.9 Å². The molecule has 4 aromatic rings. The van der Waals surface area contributed by atoms with Crippen LogP contribution in [0, 0.1) is 0 Å². The van der Waals surface area contributed by atoms with Gasteiger partial charge in [0, 0.05) is 74.0 Å². The lowest BCUT2D eigenvalue weighted by molar-refractivity contribution is -0.0367. The highest BCUT2D eigenvalue weighted by Gasteiger charge is 2.29. The minimum absolute atomic E-state index is 0.182. The van der Waals surface area contributed by atoms with Crippen molar-refractivity contribution in [2.75, 3.05) is 32.8 Å². The van der Waals surface area contributed by atoms with Crippen molar-refractivity contribution in [1.29, 1.82) is 0 Å². The first kappa shape index (κ1) is 35.6. The van der Waals surface area contributed by atoms with E-state index in [2.05, 4.69) is 9.97 Å². The summed E-state index contributed by atoms with van der Waals surface area (Å²) in [5.74, 6) is -0.351. The van der Waals surface area contributed by atoms with Crippen LogP contribution < -0.4 is 4.74 Å². The van der Waals surface area contributed by atoms with Crippen molar-refractivity contribution in [2.24, 2.45) is 0 Å². The molecule has 0 radical (unpaired) electrons. The number of carbonyl (C=O) groups excluding carboxylic acids is 2. The molecule has 0 aliphatic carbocycles. The fourth-order valence-electron chi connectivity index (χ4n) is 5.98. The summed E-state index contributed by atoms with van der Waals surface area (Å²) in [5, 5.41) is 6.22. The first-order chi connectivity index (χ1) is 23.9. The number of amides is 2. The summed E-state index contributed by atoms with van der Waals surface area (Å²) < 4.78 is 35.4. The SMILES string of the molecule is C[C@@H](Oc1ccc2c(c1)c(/C=C(\F)c1ccc(C(=O)N3CCN(C(=O)OC(C)(C)C)CC3)nc1)nn2C1CCCCO1)c1c(Cl)cncc1Cl. The molecule has 2 fully saturated rings. The van der Waals surface area contributed by atoms with Gasteiger partial charge in [0.15, 0.2) is 6.23 Å². The van der Waals surface area contributed by atoms with Gasteiger partial charge in [0.25, 0.3) is 5.91 Å². The number of halogens is 3. The van der Waals surface area contributed by atoms with Crippen molar-refractivity contribution in [2.45, 2.75) is 64.9 Å². The second kappa shape index (κ2) is 14.9. The Morgan fingerprint density at radius 2 is 1.74 bits per heavy atom. The second-order valence-corrected chi connectivity index (χ2v) is 14.1. The molecule has 6 rings (SSSR count). The van der Waals surface area contributed by atoms with E-state index in [-0.39, 0.29) is 23.4 Å². The molecule has 5 heterocycles. The normalized spacial score (nSPS) is 17.9. The predicted octanol–water partition coefficient (Wildman–Crippen LogP) is 8.13. The van der Waals surface area contributed by atoms with Crippen molar-refractivity contribution in [1.82, 2.24) is 29.5 Å². The number of benzene rings is 1. The van der Waals surface area contributed by atoms with Crippen LogP contribution in [0.4, 0.5) is 9.18 Å². The molecule has 14 heteroatoms. The zero-order valence-corrected chi connectivity index (χ0v) is 29.9. The van der Waals surface area contributed by atoms with Crippen LogP contribution in [0.1, 0.15) is 86.6 Å². The maximum atomic E-state index is 15.9. The van der Waals surface area contributed by atoms with Crippen molar-refractivity contribution in [3.05, 3.63) is 81.5 Å².